The highest BCUT2D eigenvalue weighted by Crippen LogP contribution is 2.24. The van der Waals surface area contributed by atoms with Crippen molar-refractivity contribution in [2.75, 3.05) is 39.8 Å². The van der Waals surface area contributed by atoms with Crippen molar-refractivity contribution in [2.45, 2.75) is 57.5 Å². The van der Waals surface area contributed by atoms with Crippen LogP contribution in [0.1, 0.15) is 51.9 Å². The smallest absolute Gasteiger partial charge is 0.0777 e. The number of ether oxygens (including phenoxy) is 1. The Morgan fingerprint density at radius 2 is 2.00 bits per heavy atom. The molecule has 1 unspecified atom stereocenters. The number of nitrogens with one attached hydrogen (secondary N) is 1. The van der Waals surface area contributed by atoms with Crippen LogP contribution in [0.25, 0.3) is 0 Å². The molecule has 1 heterocycles. The van der Waals surface area contributed by atoms with Gasteiger partial charge < -0.3 is 10.1 Å². The van der Waals surface area contributed by atoms with Crippen LogP contribution in [0, 0.1) is 5.92 Å². The van der Waals surface area contributed by atoms with Gasteiger partial charge in [-0.15, -0.1) is 0 Å². The van der Waals surface area contributed by atoms with Gasteiger partial charge in [0.25, 0.3) is 0 Å². The van der Waals surface area contributed by atoms with Crippen LogP contribution in [0.3, 0.4) is 0 Å². The summed E-state index contributed by atoms with van der Waals surface area (Å²) in [5.41, 5.74) is 0.0849. The van der Waals surface area contributed by atoms with E-state index in [2.05, 4.69) is 17.1 Å². The summed E-state index contributed by atoms with van der Waals surface area (Å²) >= 11 is 0. The monoisotopic (exact) mass is 268 g/mol. The quantitative estimate of drug-likeness (QED) is 0.750. The molecule has 1 N–H and O–H groups in total. The van der Waals surface area contributed by atoms with Gasteiger partial charge in [0.1, 0.15) is 0 Å². The van der Waals surface area contributed by atoms with Gasteiger partial charge in [-0.2, -0.15) is 0 Å². The molecule has 0 bridgehead atoms. The molecule has 1 aliphatic heterocycles. The summed E-state index contributed by atoms with van der Waals surface area (Å²) in [6.07, 6.45) is 9.72. The van der Waals surface area contributed by atoms with Gasteiger partial charge in [0.15, 0.2) is 0 Å². The molecule has 0 aromatic heterocycles. The third kappa shape index (κ3) is 5.05. The zero-order valence-corrected chi connectivity index (χ0v) is 12.9. The summed E-state index contributed by atoms with van der Waals surface area (Å²) in [6, 6.07) is 0. The van der Waals surface area contributed by atoms with E-state index >= 15 is 0 Å². The number of likely N-dealkylation sites (tertiary alicyclic amines) is 1. The number of rotatable bonds is 6. The SMILES string of the molecule is COC1(C)CCCN(CCNCC2CCCCC2)C1. The van der Waals surface area contributed by atoms with E-state index in [9.17, 15) is 0 Å². The summed E-state index contributed by atoms with van der Waals surface area (Å²) in [5, 5.41) is 3.67. The summed E-state index contributed by atoms with van der Waals surface area (Å²) in [5.74, 6) is 0.944. The van der Waals surface area contributed by atoms with Crippen LogP contribution >= 0.6 is 0 Å². The van der Waals surface area contributed by atoms with E-state index in [1.807, 2.05) is 7.11 Å². The molecule has 19 heavy (non-hydrogen) atoms. The fraction of sp³-hybridized carbons (Fsp3) is 1.00. The lowest BCUT2D eigenvalue weighted by molar-refractivity contribution is -0.0502. The molecule has 3 heteroatoms. The third-order valence-corrected chi connectivity index (χ3v) is 4.99. The predicted octanol–water partition coefficient (Wildman–Crippen LogP) is 2.66. The maximum absolute atomic E-state index is 5.65. The topological polar surface area (TPSA) is 24.5 Å². The van der Waals surface area contributed by atoms with Crippen molar-refractivity contribution in [1.29, 1.82) is 0 Å². The second kappa shape index (κ2) is 7.61. The molecule has 1 aliphatic carbocycles. The molecule has 2 rings (SSSR count). The number of piperidine rings is 1. The van der Waals surface area contributed by atoms with Crippen molar-refractivity contribution >= 4 is 0 Å². The minimum Gasteiger partial charge on any atom is -0.377 e. The molecule has 0 spiro atoms. The fourth-order valence-corrected chi connectivity index (χ4v) is 3.60. The van der Waals surface area contributed by atoms with Crippen molar-refractivity contribution in [1.82, 2.24) is 10.2 Å². The summed E-state index contributed by atoms with van der Waals surface area (Å²) in [7, 11) is 1.85. The molecule has 1 saturated heterocycles. The fourth-order valence-electron chi connectivity index (χ4n) is 3.60. The second-order valence-electron chi connectivity index (χ2n) is 6.74. The zero-order chi connectivity index (χ0) is 13.6. The second-order valence-corrected chi connectivity index (χ2v) is 6.74. The summed E-state index contributed by atoms with van der Waals surface area (Å²) in [6.45, 7) is 8.12. The lowest BCUT2D eigenvalue weighted by atomic mass is 9.89. The molecule has 112 valence electrons. The van der Waals surface area contributed by atoms with E-state index in [1.54, 1.807) is 0 Å². The van der Waals surface area contributed by atoms with Gasteiger partial charge in [0, 0.05) is 26.7 Å². The van der Waals surface area contributed by atoms with Crippen molar-refractivity contribution in [2.24, 2.45) is 5.92 Å². The predicted molar refractivity (Wildman–Crippen MR) is 80.5 cm³/mol. The van der Waals surface area contributed by atoms with Gasteiger partial charge in [-0.25, -0.2) is 0 Å². The van der Waals surface area contributed by atoms with Gasteiger partial charge in [-0.3, -0.25) is 4.90 Å². The Morgan fingerprint density at radius 1 is 1.21 bits per heavy atom. The van der Waals surface area contributed by atoms with Crippen LogP contribution in [-0.2, 0) is 4.74 Å². The average Bonchev–Trinajstić information content (AvgIpc) is 2.45. The first-order valence-electron chi connectivity index (χ1n) is 8.20. The third-order valence-electron chi connectivity index (χ3n) is 4.99. The Balaban J connectivity index is 1.57. The maximum atomic E-state index is 5.65. The number of methoxy groups -OCH3 is 1. The van der Waals surface area contributed by atoms with Crippen LogP contribution < -0.4 is 5.32 Å². The normalized spacial score (nSPS) is 30.6. The van der Waals surface area contributed by atoms with Gasteiger partial charge in [0.05, 0.1) is 5.60 Å². The molecule has 2 fully saturated rings. The highest BCUT2D eigenvalue weighted by Gasteiger charge is 2.30. The Labute approximate surface area is 119 Å². The lowest BCUT2D eigenvalue weighted by Gasteiger charge is -2.39. The summed E-state index contributed by atoms with van der Waals surface area (Å²) in [4.78, 5) is 2.56. The van der Waals surface area contributed by atoms with Gasteiger partial charge in [-0.05, 0) is 51.6 Å². The minimum absolute atomic E-state index is 0.0849. The first kappa shape index (κ1) is 15.3. The van der Waals surface area contributed by atoms with E-state index in [0.29, 0.717) is 0 Å². The van der Waals surface area contributed by atoms with Gasteiger partial charge in [-0.1, -0.05) is 19.3 Å². The van der Waals surface area contributed by atoms with Crippen molar-refractivity contribution in [3.05, 3.63) is 0 Å². The molecular weight excluding hydrogens is 236 g/mol. The van der Waals surface area contributed by atoms with Crippen molar-refractivity contribution in [3.63, 3.8) is 0 Å². The largest absolute Gasteiger partial charge is 0.377 e. The Morgan fingerprint density at radius 3 is 2.74 bits per heavy atom. The van der Waals surface area contributed by atoms with Crippen LogP contribution in [0.2, 0.25) is 0 Å². The minimum atomic E-state index is 0.0849. The number of hydrogen-bond acceptors (Lipinski definition) is 3. The van der Waals surface area contributed by atoms with Crippen LogP contribution in [0.5, 0.6) is 0 Å². The van der Waals surface area contributed by atoms with Crippen LogP contribution in [-0.4, -0.2) is 50.3 Å². The molecule has 0 aromatic rings. The Kier molecular flexibility index (Phi) is 6.11. The molecule has 0 amide bonds. The standard InChI is InChI=1S/C16H32N2O/c1-16(19-2)9-6-11-18(14-16)12-10-17-13-15-7-4-3-5-8-15/h15,17H,3-14H2,1-2H3. The lowest BCUT2D eigenvalue weighted by Crippen LogP contribution is -2.49. The first-order valence-corrected chi connectivity index (χ1v) is 8.20. The molecule has 0 aromatic carbocycles. The molecule has 2 aliphatic rings. The van der Waals surface area contributed by atoms with Crippen LogP contribution in [0.15, 0.2) is 0 Å². The van der Waals surface area contributed by atoms with Crippen molar-refractivity contribution in [3.8, 4) is 0 Å². The van der Waals surface area contributed by atoms with E-state index in [4.69, 9.17) is 4.74 Å². The molecular formula is C16H32N2O. The maximum Gasteiger partial charge on any atom is 0.0777 e. The zero-order valence-electron chi connectivity index (χ0n) is 12.9. The first-order chi connectivity index (χ1) is 9.22. The highest BCUT2D eigenvalue weighted by molar-refractivity contribution is 4.84. The van der Waals surface area contributed by atoms with E-state index < -0.39 is 0 Å². The number of hydrogen-bond donors (Lipinski definition) is 1. The summed E-state index contributed by atoms with van der Waals surface area (Å²) < 4.78 is 5.65. The van der Waals surface area contributed by atoms with Crippen molar-refractivity contribution < 1.29 is 4.74 Å². The van der Waals surface area contributed by atoms with Crippen LogP contribution in [0.4, 0.5) is 0 Å². The van der Waals surface area contributed by atoms with Gasteiger partial charge in [0.2, 0.25) is 0 Å². The Bertz CT molecular complexity index is 253. The molecule has 3 nitrogen and oxygen atoms in total. The van der Waals surface area contributed by atoms with Gasteiger partial charge >= 0.3 is 0 Å². The average molecular weight is 268 g/mol. The number of nitrogens with zero attached hydrogens (tertiary/aromatic N) is 1. The van der Waals surface area contributed by atoms with E-state index in [1.165, 1.54) is 64.6 Å². The molecule has 1 atom stereocenters. The Hall–Kier alpha value is -0.120. The highest BCUT2D eigenvalue weighted by atomic mass is 16.5. The van der Waals surface area contributed by atoms with E-state index in [0.717, 1.165) is 19.0 Å². The van der Waals surface area contributed by atoms with E-state index in [-0.39, 0.29) is 5.60 Å². The molecule has 0 radical (unpaired) electrons. The molecule has 1 saturated carbocycles.